The van der Waals surface area contributed by atoms with Gasteiger partial charge in [-0.05, 0) is 37.1 Å². The fourth-order valence-electron chi connectivity index (χ4n) is 5.83. The lowest BCUT2D eigenvalue weighted by Gasteiger charge is -2.24. The van der Waals surface area contributed by atoms with E-state index in [1.807, 2.05) is 19.9 Å². The van der Waals surface area contributed by atoms with E-state index in [2.05, 4.69) is 20.2 Å². The molecule has 4 aromatic heterocycles. The number of nitrogen functional groups attached to an aromatic ring is 2. The summed E-state index contributed by atoms with van der Waals surface area (Å²) in [5.74, 6) is -2.22. The predicted molar refractivity (Wildman–Crippen MR) is 144 cm³/mol. The molecule has 2 unspecified atom stereocenters. The van der Waals surface area contributed by atoms with Crippen molar-refractivity contribution in [3.63, 3.8) is 0 Å². The standard InChI is InChI=1S/C14H16FN5O.C13H17FN4O2/c1-3-10-8(2)12(15)14(6-16,21-10)11-5-4-9-13(17)18-7-19-20(9)11;1-3-9-7(2)11(14)13(19,20-9)10-5-4-8-12(15)16-6-17-18(8)10/h4-5,7-8,10,12H,3H2,1-2H3,(H2,17,18,19);4-7,9,11,19H,3H2,1-2H3,(H2,15,16,17)/t8-,10-,12-,14?;7-,9-,11-,13?/m11/s1. The Morgan fingerprint density at radius 2 is 1.37 bits per heavy atom. The molecular formula is C27H33F2N9O3. The molecule has 0 aromatic carbocycles. The number of hydrogen-bond acceptors (Lipinski definition) is 10. The molecule has 41 heavy (non-hydrogen) atoms. The number of nitrogens with two attached hydrogens (primary N) is 2. The Hall–Kier alpha value is -3.93. The number of hydrogen-bond donors (Lipinski definition) is 3. The number of anilines is 2. The van der Waals surface area contributed by atoms with Crippen molar-refractivity contribution in [1.82, 2.24) is 29.2 Å². The second-order valence-electron chi connectivity index (χ2n) is 10.5. The van der Waals surface area contributed by atoms with Crippen LogP contribution in [0.3, 0.4) is 0 Å². The molecule has 218 valence electrons. The Balaban J connectivity index is 0.000000165. The van der Waals surface area contributed by atoms with E-state index in [4.69, 9.17) is 20.9 Å². The van der Waals surface area contributed by atoms with Crippen LogP contribution >= 0.6 is 0 Å². The van der Waals surface area contributed by atoms with Gasteiger partial charge in [-0.3, -0.25) is 0 Å². The van der Waals surface area contributed by atoms with Gasteiger partial charge in [0.1, 0.15) is 35.5 Å². The van der Waals surface area contributed by atoms with E-state index in [1.54, 1.807) is 38.1 Å². The smallest absolute Gasteiger partial charge is 0.243 e. The summed E-state index contributed by atoms with van der Waals surface area (Å²) < 4.78 is 43.5. The third kappa shape index (κ3) is 4.27. The zero-order chi connectivity index (χ0) is 29.7. The minimum Gasteiger partial charge on any atom is -0.382 e. The van der Waals surface area contributed by atoms with Crippen molar-refractivity contribution in [2.75, 3.05) is 11.5 Å². The maximum atomic E-state index is 14.8. The summed E-state index contributed by atoms with van der Waals surface area (Å²) in [6.45, 7) is 7.31. The number of halogens is 2. The van der Waals surface area contributed by atoms with Gasteiger partial charge in [0.25, 0.3) is 0 Å². The molecule has 0 amide bonds. The Morgan fingerprint density at radius 3 is 1.85 bits per heavy atom. The van der Waals surface area contributed by atoms with E-state index >= 15 is 0 Å². The average molecular weight is 570 g/mol. The lowest BCUT2D eigenvalue weighted by Crippen LogP contribution is -2.36. The highest BCUT2D eigenvalue weighted by Gasteiger charge is 2.57. The van der Waals surface area contributed by atoms with E-state index < -0.39 is 29.6 Å². The summed E-state index contributed by atoms with van der Waals surface area (Å²) >= 11 is 0. The molecule has 14 heteroatoms. The maximum Gasteiger partial charge on any atom is 0.243 e. The monoisotopic (exact) mass is 569 g/mol. The van der Waals surface area contributed by atoms with E-state index in [0.717, 1.165) is 0 Å². The molecule has 2 aliphatic heterocycles. The van der Waals surface area contributed by atoms with E-state index in [0.29, 0.717) is 29.6 Å². The normalized spacial score (nSPS) is 33.1. The molecule has 12 nitrogen and oxygen atoms in total. The average Bonchev–Trinajstić information content (AvgIpc) is 3.72. The number of aromatic nitrogens is 6. The highest BCUT2D eigenvalue weighted by molar-refractivity contribution is 5.66. The fraction of sp³-hybridized carbons (Fsp3) is 0.519. The SMILES string of the molecule is CC[C@H]1OC(C#N)(c2ccc3c(N)ncnn23)[C@H](F)[C@@H]1C.CC[C@H]1OC(O)(c2ccc3c(N)ncnn23)[C@H](F)[C@@H]1C. The van der Waals surface area contributed by atoms with Gasteiger partial charge in [0.15, 0.2) is 24.0 Å². The minimum atomic E-state index is -2.01. The van der Waals surface area contributed by atoms with Crippen LogP contribution in [-0.2, 0) is 20.9 Å². The fourth-order valence-corrected chi connectivity index (χ4v) is 5.83. The van der Waals surface area contributed by atoms with Crippen molar-refractivity contribution in [2.24, 2.45) is 11.8 Å². The van der Waals surface area contributed by atoms with Crippen LogP contribution in [0.25, 0.3) is 11.0 Å². The van der Waals surface area contributed by atoms with Crippen LogP contribution in [-0.4, -0.2) is 58.9 Å². The number of ether oxygens (including phenoxy) is 2. The summed E-state index contributed by atoms with van der Waals surface area (Å²) in [5, 5.41) is 28.4. The van der Waals surface area contributed by atoms with Crippen LogP contribution in [0, 0.1) is 23.2 Å². The summed E-state index contributed by atoms with van der Waals surface area (Å²) in [6.07, 6.45) is 0.223. The first-order valence-corrected chi connectivity index (χ1v) is 13.5. The van der Waals surface area contributed by atoms with Gasteiger partial charge in [0.2, 0.25) is 11.4 Å². The largest absolute Gasteiger partial charge is 0.382 e. The molecule has 0 saturated carbocycles. The molecule has 2 aliphatic rings. The zero-order valence-electron chi connectivity index (χ0n) is 23.1. The van der Waals surface area contributed by atoms with Gasteiger partial charge < -0.3 is 26.0 Å². The minimum absolute atomic E-state index is 0.233. The Kier molecular flexibility index (Phi) is 7.31. The van der Waals surface area contributed by atoms with Crippen molar-refractivity contribution in [2.45, 2.75) is 76.5 Å². The van der Waals surface area contributed by atoms with Gasteiger partial charge in [-0.1, -0.05) is 27.7 Å². The van der Waals surface area contributed by atoms with E-state index in [9.17, 15) is 19.1 Å². The molecule has 2 saturated heterocycles. The summed E-state index contributed by atoms with van der Waals surface area (Å²) in [5.41, 5.74) is 11.5. The van der Waals surface area contributed by atoms with Crippen LogP contribution < -0.4 is 11.5 Å². The van der Waals surface area contributed by atoms with Gasteiger partial charge in [-0.2, -0.15) is 15.5 Å². The molecule has 0 radical (unpaired) electrons. The Labute approximate surface area is 234 Å². The lowest BCUT2D eigenvalue weighted by molar-refractivity contribution is -0.227. The van der Waals surface area contributed by atoms with Gasteiger partial charge in [0, 0.05) is 11.8 Å². The zero-order valence-corrected chi connectivity index (χ0v) is 23.1. The maximum absolute atomic E-state index is 14.8. The van der Waals surface area contributed by atoms with Crippen LogP contribution in [0.2, 0.25) is 0 Å². The third-order valence-electron chi connectivity index (χ3n) is 8.21. The second kappa shape index (κ2) is 10.5. The molecule has 4 aromatic rings. The van der Waals surface area contributed by atoms with Crippen LogP contribution in [0.5, 0.6) is 0 Å². The van der Waals surface area contributed by atoms with Crippen LogP contribution in [0.1, 0.15) is 51.9 Å². The van der Waals surface area contributed by atoms with Crippen molar-refractivity contribution < 1.29 is 23.4 Å². The van der Waals surface area contributed by atoms with Crippen molar-refractivity contribution in [3.8, 4) is 6.07 Å². The summed E-state index contributed by atoms with van der Waals surface area (Å²) in [7, 11) is 0. The summed E-state index contributed by atoms with van der Waals surface area (Å²) in [4.78, 5) is 7.75. The molecule has 6 rings (SSSR count). The molecular weight excluding hydrogens is 536 g/mol. The highest BCUT2D eigenvalue weighted by Crippen LogP contribution is 2.46. The third-order valence-corrected chi connectivity index (χ3v) is 8.21. The van der Waals surface area contributed by atoms with Crippen molar-refractivity contribution >= 4 is 22.7 Å². The Morgan fingerprint density at radius 1 is 0.878 bits per heavy atom. The van der Waals surface area contributed by atoms with Crippen molar-refractivity contribution in [3.05, 3.63) is 48.3 Å². The molecule has 0 aliphatic carbocycles. The highest BCUT2D eigenvalue weighted by atomic mass is 19.1. The van der Waals surface area contributed by atoms with Gasteiger partial charge in [-0.25, -0.2) is 27.8 Å². The first-order valence-electron chi connectivity index (χ1n) is 13.5. The number of alkyl halides is 2. The number of rotatable bonds is 4. The molecule has 0 bridgehead atoms. The second-order valence-corrected chi connectivity index (χ2v) is 10.5. The van der Waals surface area contributed by atoms with Crippen LogP contribution in [0.15, 0.2) is 36.9 Å². The quantitative estimate of drug-likeness (QED) is 0.331. The molecule has 2 fully saturated rings. The van der Waals surface area contributed by atoms with Crippen LogP contribution in [0.4, 0.5) is 20.4 Å². The molecule has 6 heterocycles. The first kappa shape index (κ1) is 28.6. The number of aliphatic hydroxyl groups is 1. The topological polar surface area (TPSA) is 175 Å². The molecule has 0 spiro atoms. The van der Waals surface area contributed by atoms with Crippen molar-refractivity contribution in [1.29, 1.82) is 5.26 Å². The molecule has 8 atom stereocenters. The number of nitriles is 1. The van der Waals surface area contributed by atoms with Gasteiger partial charge >= 0.3 is 0 Å². The van der Waals surface area contributed by atoms with Gasteiger partial charge in [0.05, 0.1) is 17.9 Å². The predicted octanol–water partition coefficient (Wildman–Crippen LogP) is 3.05. The number of fused-ring (bicyclic) bond motifs is 2. The lowest BCUT2D eigenvalue weighted by atomic mass is 9.89. The van der Waals surface area contributed by atoms with E-state index in [-0.39, 0.29) is 35.5 Å². The van der Waals surface area contributed by atoms with E-state index in [1.165, 1.54) is 21.7 Å². The van der Waals surface area contributed by atoms with Gasteiger partial charge in [-0.15, -0.1) is 0 Å². The number of nitrogens with zero attached hydrogens (tertiary/aromatic N) is 7. The first-order chi connectivity index (χ1) is 19.5. The Bertz CT molecular complexity index is 1610. The molecule has 5 N–H and O–H groups in total. The summed E-state index contributed by atoms with van der Waals surface area (Å²) in [6, 6.07) is 8.52.